The summed E-state index contributed by atoms with van der Waals surface area (Å²) in [5, 5.41) is 20.1. The largest absolute Gasteiger partial charge is 0.353 e. The molecule has 1 unspecified atom stereocenters. The van der Waals surface area contributed by atoms with Crippen molar-refractivity contribution in [3.63, 3.8) is 0 Å². The number of benzene rings is 2. The molecule has 0 aliphatic rings. The predicted octanol–water partition coefficient (Wildman–Crippen LogP) is 1.41. The molecule has 1 atom stereocenters. The molecule has 3 N–H and O–H groups in total. The molecule has 2 amide bonds. The third-order valence-corrected chi connectivity index (χ3v) is 4.16. The van der Waals surface area contributed by atoms with E-state index in [1.807, 2.05) is 60.7 Å². The molecule has 0 aliphatic heterocycles. The van der Waals surface area contributed by atoms with E-state index < -0.39 is 6.04 Å². The van der Waals surface area contributed by atoms with Gasteiger partial charge in [0.15, 0.2) is 0 Å². The van der Waals surface area contributed by atoms with Gasteiger partial charge in [0.1, 0.15) is 6.04 Å². The number of nitrogens with one attached hydrogen (secondary N) is 3. The van der Waals surface area contributed by atoms with Crippen molar-refractivity contribution in [3.8, 4) is 5.69 Å². The van der Waals surface area contributed by atoms with Gasteiger partial charge in [-0.25, -0.2) is 0 Å². The Morgan fingerprint density at radius 2 is 1.73 bits per heavy atom. The van der Waals surface area contributed by atoms with Crippen LogP contribution in [0, 0.1) is 0 Å². The molecule has 0 bridgehead atoms. The highest BCUT2D eigenvalue weighted by Gasteiger charge is 2.14. The molecule has 0 aliphatic carbocycles. The minimum absolute atomic E-state index is 0.277. The van der Waals surface area contributed by atoms with Crippen LogP contribution in [0.15, 0.2) is 66.7 Å². The fourth-order valence-corrected chi connectivity index (χ4v) is 2.62. The smallest absolute Gasteiger partial charge is 0.247 e. The number of hydrogen-bond acceptors (Lipinski definition) is 6. The van der Waals surface area contributed by atoms with Gasteiger partial charge < -0.3 is 16.0 Å². The van der Waals surface area contributed by atoms with Gasteiger partial charge in [-0.3, -0.25) is 9.59 Å². The molecule has 1 aromatic heterocycles. The fourth-order valence-electron chi connectivity index (χ4n) is 2.62. The molecule has 3 rings (SSSR count). The van der Waals surface area contributed by atoms with E-state index in [1.165, 1.54) is 6.08 Å². The van der Waals surface area contributed by atoms with E-state index in [1.54, 1.807) is 17.7 Å². The summed E-state index contributed by atoms with van der Waals surface area (Å²) in [6.45, 7) is 2.40. The van der Waals surface area contributed by atoms with Gasteiger partial charge in [0, 0.05) is 19.2 Å². The molecular formula is C21H23N7O2. The Morgan fingerprint density at radius 1 is 1.03 bits per heavy atom. The first-order valence-electron chi connectivity index (χ1n) is 9.52. The highest BCUT2D eigenvalue weighted by molar-refractivity contribution is 5.95. The van der Waals surface area contributed by atoms with Crippen molar-refractivity contribution in [2.75, 3.05) is 18.4 Å². The Bertz CT molecular complexity index is 987. The van der Waals surface area contributed by atoms with Crippen LogP contribution < -0.4 is 16.0 Å². The predicted molar refractivity (Wildman–Crippen MR) is 114 cm³/mol. The summed E-state index contributed by atoms with van der Waals surface area (Å²) >= 11 is 0. The first-order chi connectivity index (χ1) is 14.6. The Hall–Kier alpha value is -4.01. The van der Waals surface area contributed by atoms with Crippen LogP contribution in [-0.4, -0.2) is 51.2 Å². The lowest BCUT2D eigenvalue weighted by Crippen LogP contribution is -2.45. The minimum Gasteiger partial charge on any atom is -0.353 e. The summed E-state index contributed by atoms with van der Waals surface area (Å²) in [4.78, 5) is 24.2. The van der Waals surface area contributed by atoms with Crippen molar-refractivity contribution in [1.82, 2.24) is 30.8 Å². The lowest BCUT2D eigenvalue weighted by molar-refractivity contribution is -0.126. The number of para-hydroxylation sites is 1. The van der Waals surface area contributed by atoms with E-state index in [4.69, 9.17) is 0 Å². The first kappa shape index (κ1) is 20.7. The molecule has 0 spiro atoms. The average molecular weight is 405 g/mol. The van der Waals surface area contributed by atoms with E-state index in [-0.39, 0.29) is 11.8 Å². The molecule has 0 saturated heterocycles. The second kappa shape index (κ2) is 10.5. The van der Waals surface area contributed by atoms with Crippen molar-refractivity contribution in [2.24, 2.45) is 0 Å². The molecule has 0 saturated carbocycles. The summed E-state index contributed by atoms with van der Waals surface area (Å²) < 4.78 is 1.57. The molecule has 30 heavy (non-hydrogen) atoms. The molecule has 2 aromatic carbocycles. The fraction of sp³-hybridized carbons (Fsp3) is 0.190. The molecule has 9 nitrogen and oxygen atoms in total. The first-order valence-corrected chi connectivity index (χ1v) is 9.52. The minimum atomic E-state index is -0.660. The van der Waals surface area contributed by atoms with Gasteiger partial charge in [-0.1, -0.05) is 53.6 Å². The number of nitrogens with zero attached hydrogens (tertiary/aromatic N) is 4. The molecular weight excluding hydrogens is 382 g/mol. The monoisotopic (exact) mass is 405 g/mol. The van der Waals surface area contributed by atoms with Crippen molar-refractivity contribution in [2.45, 2.75) is 13.0 Å². The Kier molecular flexibility index (Phi) is 7.26. The van der Waals surface area contributed by atoms with Gasteiger partial charge in [0.25, 0.3) is 0 Å². The van der Waals surface area contributed by atoms with E-state index in [2.05, 4.69) is 31.5 Å². The zero-order valence-electron chi connectivity index (χ0n) is 16.5. The number of amides is 2. The Morgan fingerprint density at radius 3 is 2.47 bits per heavy atom. The van der Waals surface area contributed by atoms with Gasteiger partial charge in [0.05, 0.1) is 5.69 Å². The number of hydrogen-bond donors (Lipinski definition) is 3. The molecule has 0 fully saturated rings. The lowest BCUT2D eigenvalue weighted by atomic mass is 10.2. The van der Waals surface area contributed by atoms with E-state index in [0.717, 1.165) is 11.3 Å². The number of aromatic nitrogens is 4. The zero-order valence-corrected chi connectivity index (χ0v) is 16.5. The maximum Gasteiger partial charge on any atom is 0.247 e. The van der Waals surface area contributed by atoms with E-state index in [9.17, 15) is 9.59 Å². The number of carbonyl (C=O) groups is 2. The zero-order chi connectivity index (χ0) is 21.2. The quantitative estimate of drug-likeness (QED) is 0.366. The number of tetrazole rings is 1. The van der Waals surface area contributed by atoms with Gasteiger partial charge in [-0.15, -0.1) is 0 Å². The maximum atomic E-state index is 12.2. The third kappa shape index (κ3) is 5.99. The molecule has 9 heteroatoms. The summed E-state index contributed by atoms with van der Waals surface area (Å²) in [5.74, 6) is -0.134. The van der Waals surface area contributed by atoms with Crippen molar-refractivity contribution < 1.29 is 9.59 Å². The Labute approximate surface area is 174 Å². The maximum absolute atomic E-state index is 12.2. The van der Waals surface area contributed by atoms with Crippen LogP contribution in [0.25, 0.3) is 11.8 Å². The Balaban J connectivity index is 1.40. The second-order valence-electron chi connectivity index (χ2n) is 6.44. The van der Waals surface area contributed by atoms with Crippen molar-refractivity contribution in [1.29, 1.82) is 0 Å². The normalized spacial score (nSPS) is 11.8. The van der Waals surface area contributed by atoms with Crippen LogP contribution in [0.1, 0.15) is 12.5 Å². The topological polar surface area (TPSA) is 114 Å². The van der Waals surface area contributed by atoms with Gasteiger partial charge >= 0.3 is 0 Å². The number of rotatable bonds is 9. The summed E-state index contributed by atoms with van der Waals surface area (Å²) in [6.07, 6.45) is 3.10. The van der Waals surface area contributed by atoms with Gasteiger partial charge in [0.2, 0.25) is 17.8 Å². The van der Waals surface area contributed by atoms with Crippen LogP contribution in [0.3, 0.4) is 0 Å². The molecule has 154 valence electrons. The number of anilines is 1. The molecule has 0 radical (unpaired) electrons. The molecule has 3 aromatic rings. The highest BCUT2D eigenvalue weighted by atomic mass is 16.2. The van der Waals surface area contributed by atoms with Crippen LogP contribution in [-0.2, 0) is 9.59 Å². The number of carbonyl (C=O) groups excluding carboxylic acids is 2. The standard InChI is InChI=1S/C21H23N7O2/c1-16(24-19(29)13-12-17-8-4-2-5-9-17)20(30)22-14-15-23-21-25-26-27-28(21)18-10-6-3-7-11-18/h2-13,16H,14-15H2,1H3,(H,22,30)(H,24,29)(H,23,25,27)/b13-12+. The second-order valence-corrected chi connectivity index (χ2v) is 6.44. The third-order valence-electron chi connectivity index (χ3n) is 4.16. The van der Waals surface area contributed by atoms with E-state index >= 15 is 0 Å². The van der Waals surface area contributed by atoms with Crippen LogP contribution >= 0.6 is 0 Å². The average Bonchev–Trinajstić information content (AvgIpc) is 3.25. The summed E-state index contributed by atoms with van der Waals surface area (Å²) in [5.41, 5.74) is 1.74. The summed E-state index contributed by atoms with van der Waals surface area (Å²) in [6, 6.07) is 18.3. The highest BCUT2D eigenvalue weighted by Crippen LogP contribution is 2.09. The van der Waals surface area contributed by atoms with Crippen molar-refractivity contribution in [3.05, 3.63) is 72.3 Å². The van der Waals surface area contributed by atoms with Crippen LogP contribution in [0.2, 0.25) is 0 Å². The summed E-state index contributed by atoms with van der Waals surface area (Å²) in [7, 11) is 0. The van der Waals surface area contributed by atoms with Crippen LogP contribution in [0.4, 0.5) is 5.95 Å². The van der Waals surface area contributed by atoms with Gasteiger partial charge in [-0.2, -0.15) is 4.68 Å². The molecule has 1 heterocycles. The van der Waals surface area contributed by atoms with Gasteiger partial charge in [-0.05, 0) is 41.1 Å². The van der Waals surface area contributed by atoms with Crippen LogP contribution in [0.5, 0.6) is 0 Å². The van der Waals surface area contributed by atoms with E-state index in [0.29, 0.717) is 19.0 Å². The SMILES string of the molecule is CC(NC(=O)/C=C/c1ccccc1)C(=O)NCCNc1nnnn1-c1ccccc1. The van der Waals surface area contributed by atoms with Crippen molar-refractivity contribution >= 4 is 23.8 Å². The lowest BCUT2D eigenvalue weighted by Gasteiger charge is -2.13.